The number of nitrogens with zero attached hydrogens (tertiary/aromatic N) is 3. The third-order valence-corrected chi connectivity index (χ3v) is 5.30. The number of nitrogens with one attached hydrogen (secondary N) is 1. The summed E-state index contributed by atoms with van der Waals surface area (Å²) < 4.78 is 23.2. The van der Waals surface area contributed by atoms with Crippen LogP contribution in [-0.4, -0.2) is 59.8 Å². The van der Waals surface area contributed by atoms with Crippen LogP contribution in [0, 0.1) is 0 Å². The molecule has 2 heterocycles. The molecule has 1 aromatic heterocycles. The Morgan fingerprint density at radius 3 is 2.68 bits per heavy atom. The Hall–Kier alpha value is -1.96. The minimum atomic E-state index is -3.03. The van der Waals surface area contributed by atoms with Crippen LogP contribution in [0.1, 0.15) is 23.7 Å². The van der Waals surface area contributed by atoms with E-state index in [1.807, 2.05) is 6.92 Å². The molecule has 1 aliphatic heterocycles. The average molecular weight is 324 g/mol. The molecule has 1 aliphatic rings. The zero-order valence-electron chi connectivity index (χ0n) is 12.5. The molecule has 1 atom stereocenters. The van der Waals surface area contributed by atoms with Gasteiger partial charge in [0.25, 0.3) is 5.91 Å². The maximum Gasteiger partial charge on any atom is 0.257 e. The lowest BCUT2D eigenvalue weighted by Crippen LogP contribution is -2.41. The van der Waals surface area contributed by atoms with E-state index in [2.05, 4.69) is 21.9 Å². The molecule has 2 rings (SSSR count). The van der Waals surface area contributed by atoms with Crippen molar-refractivity contribution in [3.05, 3.63) is 30.6 Å². The molecular weight excluding hydrogens is 304 g/mol. The Balaban J connectivity index is 2.10. The standard InChI is InChI=1S/C14H20N4O3S/c1-3-6-15-14-16-8-11(9-17-14)13(19)18(4-2)12-5-7-22(20,21)10-12/h3,8-9,12H,1,4-7,10H2,2H3,(H,15,16,17). The molecule has 0 spiro atoms. The summed E-state index contributed by atoms with van der Waals surface area (Å²) in [6.07, 6.45) is 5.07. The van der Waals surface area contributed by atoms with Crippen LogP contribution >= 0.6 is 0 Å². The number of aromatic nitrogens is 2. The fourth-order valence-corrected chi connectivity index (χ4v) is 4.18. The quantitative estimate of drug-likeness (QED) is 0.775. The van der Waals surface area contributed by atoms with Crippen molar-refractivity contribution in [2.45, 2.75) is 19.4 Å². The highest BCUT2D eigenvalue weighted by Crippen LogP contribution is 2.19. The van der Waals surface area contributed by atoms with Crippen LogP contribution in [0.15, 0.2) is 25.0 Å². The number of hydrogen-bond donors (Lipinski definition) is 1. The monoisotopic (exact) mass is 324 g/mol. The first kappa shape index (κ1) is 16.4. The first-order valence-electron chi connectivity index (χ1n) is 7.15. The van der Waals surface area contributed by atoms with Gasteiger partial charge in [0.05, 0.1) is 17.1 Å². The maximum atomic E-state index is 12.5. The summed E-state index contributed by atoms with van der Waals surface area (Å²) in [5, 5.41) is 2.93. The molecule has 1 fully saturated rings. The van der Waals surface area contributed by atoms with E-state index in [-0.39, 0.29) is 23.5 Å². The van der Waals surface area contributed by atoms with Gasteiger partial charge in [0.1, 0.15) is 0 Å². The van der Waals surface area contributed by atoms with Gasteiger partial charge in [-0.3, -0.25) is 4.79 Å². The zero-order chi connectivity index (χ0) is 16.2. The van der Waals surface area contributed by atoms with Crippen molar-refractivity contribution in [2.24, 2.45) is 0 Å². The van der Waals surface area contributed by atoms with Crippen LogP contribution in [-0.2, 0) is 9.84 Å². The number of sulfone groups is 1. The summed E-state index contributed by atoms with van der Waals surface area (Å²) in [7, 11) is -3.03. The lowest BCUT2D eigenvalue weighted by Gasteiger charge is -2.26. The first-order valence-corrected chi connectivity index (χ1v) is 8.97. The minimum Gasteiger partial charge on any atom is -0.351 e. The van der Waals surface area contributed by atoms with E-state index in [1.165, 1.54) is 12.4 Å². The third-order valence-electron chi connectivity index (χ3n) is 3.55. The third kappa shape index (κ3) is 3.82. The zero-order valence-corrected chi connectivity index (χ0v) is 13.3. The number of rotatable bonds is 6. The van der Waals surface area contributed by atoms with Crippen LogP contribution < -0.4 is 5.32 Å². The van der Waals surface area contributed by atoms with Crippen LogP contribution in [0.25, 0.3) is 0 Å². The van der Waals surface area contributed by atoms with Gasteiger partial charge in [-0.25, -0.2) is 18.4 Å². The first-order chi connectivity index (χ1) is 10.5. The van der Waals surface area contributed by atoms with Crippen molar-refractivity contribution >= 4 is 21.7 Å². The maximum absolute atomic E-state index is 12.5. The molecule has 0 saturated carbocycles. The van der Waals surface area contributed by atoms with E-state index < -0.39 is 9.84 Å². The highest BCUT2D eigenvalue weighted by molar-refractivity contribution is 7.91. The van der Waals surface area contributed by atoms with Gasteiger partial charge in [-0.1, -0.05) is 6.08 Å². The van der Waals surface area contributed by atoms with Crippen LogP contribution in [0.5, 0.6) is 0 Å². The molecule has 0 aliphatic carbocycles. The molecule has 0 bridgehead atoms. The topological polar surface area (TPSA) is 92.3 Å². The van der Waals surface area contributed by atoms with Gasteiger partial charge in [-0.15, -0.1) is 6.58 Å². The molecule has 7 nitrogen and oxygen atoms in total. The average Bonchev–Trinajstić information content (AvgIpc) is 2.86. The van der Waals surface area contributed by atoms with Gasteiger partial charge in [0.15, 0.2) is 9.84 Å². The Labute approximate surface area is 130 Å². The van der Waals surface area contributed by atoms with Crippen molar-refractivity contribution in [3.8, 4) is 0 Å². The lowest BCUT2D eigenvalue weighted by molar-refractivity contribution is 0.0707. The number of carbonyl (C=O) groups excluding carboxylic acids is 1. The smallest absolute Gasteiger partial charge is 0.257 e. The lowest BCUT2D eigenvalue weighted by atomic mass is 10.2. The van der Waals surface area contributed by atoms with Crippen LogP contribution in [0.4, 0.5) is 5.95 Å². The molecule has 1 saturated heterocycles. The fraction of sp³-hybridized carbons (Fsp3) is 0.500. The Morgan fingerprint density at radius 1 is 1.50 bits per heavy atom. The molecule has 1 N–H and O–H groups in total. The van der Waals surface area contributed by atoms with E-state index >= 15 is 0 Å². The van der Waals surface area contributed by atoms with Gasteiger partial charge in [0, 0.05) is 31.5 Å². The molecule has 8 heteroatoms. The Bertz CT molecular complexity index is 643. The summed E-state index contributed by atoms with van der Waals surface area (Å²) in [6, 6.07) is -0.263. The van der Waals surface area contributed by atoms with Crippen LogP contribution in [0.3, 0.4) is 0 Å². The number of carbonyl (C=O) groups is 1. The number of hydrogen-bond acceptors (Lipinski definition) is 6. The highest BCUT2D eigenvalue weighted by atomic mass is 32.2. The van der Waals surface area contributed by atoms with E-state index in [1.54, 1.807) is 11.0 Å². The second-order valence-corrected chi connectivity index (χ2v) is 7.34. The molecule has 0 radical (unpaired) electrons. The van der Waals surface area contributed by atoms with Crippen molar-refractivity contribution in [3.63, 3.8) is 0 Å². The SMILES string of the molecule is C=CCNc1ncc(C(=O)N(CC)C2CCS(=O)(=O)C2)cn1. The fourth-order valence-electron chi connectivity index (χ4n) is 2.45. The molecule has 1 unspecified atom stereocenters. The molecular formula is C14H20N4O3S. The summed E-state index contributed by atoms with van der Waals surface area (Å²) >= 11 is 0. The normalized spacial score (nSPS) is 19.6. The molecule has 22 heavy (non-hydrogen) atoms. The van der Waals surface area contributed by atoms with Gasteiger partial charge < -0.3 is 10.2 Å². The minimum absolute atomic E-state index is 0.0341. The summed E-state index contributed by atoms with van der Waals surface area (Å²) in [5.41, 5.74) is 0.357. The second-order valence-electron chi connectivity index (χ2n) is 5.11. The predicted octanol–water partition coefficient (Wildman–Crippen LogP) is 0.724. The van der Waals surface area contributed by atoms with Gasteiger partial charge in [0.2, 0.25) is 5.95 Å². The van der Waals surface area contributed by atoms with Crippen LogP contribution in [0.2, 0.25) is 0 Å². The molecule has 0 aromatic carbocycles. The van der Waals surface area contributed by atoms with Gasteiger partial charge in [-0.2, -0.15) is 0 Å². The van der Waals surface area contributed by atoms with Crippen molar-refractivity contribution < 1.29 is 13.2 Å². The summed E-state index contributed by atoms with van der Waals surface area (Å²) in [5.74, 6) is 0.359. The number of anilines is 1. The highest BCUT2D eigenvalue weighted by Gasteiger charge is 2.34. The van der Waals surface area contributed by atoms with Gasteiger partial charge in [-0.05, 0) is 13.3 Å². The van der Waals surface area contributed by atoms with Gasteiger partial charge >= 0.3 is 0 Å². The Morgan fingerprint density at radius 2 is 2.18 bits per heavy atom. The van der Waals surface area contributed by atoms with Crippen molar-refractivity contribution in [1.82, 2.24) is 14.9 Å². The van der Waals surface area contributed by atoms with Crippen molar-refractivity contribution in [2.75, 3.05) is 29.9 Å². The predicted molar refractivity (Wildman–Crippen MR) is 84.5 cm³/mol. The van der Waals surface area contributed by atoms with E-state index in [0.29, 0.717) is 31.0 Å². The van der Waals surface area contributed by atoms with E-state index in [9.17, 15) is 13.2 Å². The largest absolute Gasteiger partial charge is 0.351 e. The summed E-state index contributed by atoms with van der Waals surface area (Å²) in [6.45, 7) is 6.41. The molecule has 1 aromatic rings. The Kier molecular flexibility index (Phi) is 5.12. The number of amides is 1. The van der Waals surface area contributed by atoms with Crippen molar-refractivity contribution in [1.29, 1.82) is 0 Å². The molecule has 120 valence electrons. The molecule has 1 amide bonds. The second kappa shape index (κ2) is 6.87. The summed E-state index contributed by atoms with van der Waals surface area (Å²) in [4.78, 5) is 22.2. The van der Waals surface area contributed by atoms with E-state index in [4.69, 9.17) is 0 Å². The van der Waals surface area contributed by atoms with E-state index in [0.717, 1.165) is 0 Å².